The standard InChI is InChI=1S/C20H25N7O3S/c1-4-15(17(28)23-16-14(11-22-26(16)3)18(29)30-5-2)27-19(21)24-25-20(27)31-12-13-9-7-6-8-10-13/h6-11,15H,4-5,12H2,1-3H3,(H2,21,24)(H,23,28). The summed E-state index contributed by atoms with van der Waals surface area (Å²) in [5.74, 6) is 0.151. The van der Waals surface area contributed by atoms with Crippen molar-refractivity contribution in [2.24, 2.45) is 7.05 Å². The lowest BCUT2D eigenvalue weighted by atomic mass is 10.2. The zero-order valence-electron chi connectivity index (χ0n) is 17.6. The molecule has 3 N–H and O–H groups in total. The highest BCUT2D eigenvalue weighted by Gasteiger charge is 2.27. The van der Waals surface area contributed by atoms with Gasteiger partial charge in [0.1, 0.15) is 17.4 Å². The molecule has 0 radical (unpaired) electrons. The summed E-state index contributed by atoms with van der Waals surface area (Å²) in [7, 11) is 1.63. The van der Waals surface area contributed by atoms with E-state index in [1.165, 1.54) is 22.6 Å². The molecule has 3 aromatic rings. The fourth-order valence-electron chi connectivity index (χ4n) is 3.03. The molecule has 2 aromatic heterocycles. The Bertz CT molecular complexity index is 1050. The van der Waals surface area contributed by atoms with Crippen LogP contribution >= 0.6 is 11.8 Å². The fraction of sp³-hybridized carbons (Fsp3) is 0.350. The number of hydrogen-bond donors (Lipinski definition) is 2. The Balaban J connectivity index is 1.81. The number of anilines is 2. The first-order valence-corrected chi connectivity index (χ1v) is 10.8. The summed E-state index contributed by atoms with van der Waals surface area (Å²) in [6, 6.07) is 9.24. The molecule has 2 heterocycles. The second-order valence-electron chi connectivity index (χ2n) is 6.65. The van der Waals surface area contributed by atoms with Gasteiger partial charge < -0.3 is 15.8 Å². The number of carbonyl (C=O) groups is 2. The van der Waals surface area contributed by atoms with Crippen LogP contribution in [0.1, 0.15) is 42.2 Å². The Kier molecular flexibility index (Phi) is 7.29. The molecule has 0 aliphatic rings. The van der Waals surface area contributed by atoms with Gasteiger partial charge in [-0.15, -0.1) is 10.2 Å². The number of ether oxygens (including phenoxy) is 1. The Hall–Kier alpha value is -3.34. The average Bonchev–Trinajstić information content (AvgIpc) is 3.31. The third-order valence-electron chi connectivity index (χ3n) is 4.58. The van der Waals surface area contributed by atoms with Crippen molar-refractivity contribution in [3.63, 3.8) is 0 Å². The molecular weight excluding hydrogens is 418 g/mol. The van der Waals surface area contributed by atoms with Crippen LogP contribution in [0.25, 0.3) is 0 Å². The second-order valence-corrected chi connectivity index (χ2v) is 7.59. The van der Waals surface area contributed by atoms with E-state index >= 15 is 0 Å². The third kappa shape index (κ3) is 5.05. The van der Waals surface area contributed by atoms with Gasteiger partial charge in [-0.05, 0) is 18.9 Å². The molecule has 1 unspecified atom stereocenters. The number of carbonyl (C=O) groups excluding carboxylic acids is 2. The van der Waals surface area contributed by atoms with Crippen LogP contribution in [0.3, 0.4) is 0 Å². The molecule has 0 aliphatic heterocycles. The number of esters is 1. The summed E-state index contributed by atoms with van der Waals surface area (Å²) in [5, 5.41) is 15.5. The maximum Gasteiger partial charge on any atom is 0.343 e. The van der Waals surface area contributed by atoms with Crippen LogP contribution in [0.4, 0.5) is 11.8 Å². The highest BCUT2D eigenvalue weighted by atomic mass is 32.2. The molecule has 10 nitrogen and oxygen atoms in total. The number of hydrogen-bond acceptors (Lipinski definition) is 8. The maximum absolute atomic E-state index is 13.2. The van der Waals surface area contributed by atoms with E-state index in [1.807, 2.05) is 37.3 Å². The highest BCUT2D eigenvalue weighted by Crippen LogP contribution is 2.28. The molecule has 1 atom stereocenters. The molecule has 11 heteroatoms. The van der Waals surface area contributed by atoms with Gasteiger partial charge in [-0.25, -0.2) is 4.79 Å². The van der Waals surface area contributed by atoms with Crippen LogP contribution in [0, 0.1) is 0 Å². The van der Waals surface area contributed by atoms with E-state index in [-0.39, 0.29) is 29.8 Å². The molecule has 164 valence electrons. The van der Waals surface area contributed by atoms with Crippen molar-refractivity contribution in [1.29, 1.82) is 0 Å². The molecule has 0 saturated carbocycles. The summed E-state index contributed by atoms with van der Waals surface area (Å²) in [5.41, 5.74) is 7.35. The van der Waals surface area contributed by atoms with E-state index in [2.05, 4.69) is 20.6 Å². The smallest absolute Gasteiger partial charge is 0.343 e. The van der Waals surface area contributed by atoms with Gasteiger partial charge in [0, 0.05) is 12.8 Å². The van der Waals surface area contributed by atoms with Gasteiger partial charge in [-0.2, -0.15) is 5.10 Å². The second kappa shape index (κ2) is 10.1. The number of nitrogens with two attached hydrogens (primary N) is 1. The van der Waals surface area contributed by atoms with Gasteiger partial charge in [0.25, 0.3) is 0 Å². The number of nitrogen functional groups attached to an aromatic ring is 1. The number of thioether (sulfide) groups is 1. The van der Waals surface area contributed by atoms with Gasteiger partial charge in [-0.1, -0.05) is 49.0 Å². The van der Waals surface area contributed by atoms with Crippen LogP contribution in [0.2, 0.25) is 0 Å². The summed E-state index contributed by atoms with van der Waals surface area (Å²) < 4.78 is 8.07. The average molecular weight is 444 g/mol. The van der Waals surface area contributed by atoms with Crippen LogP contribution in [0.15, 0.2) is 41.7 Å². The zero-order valence-corrected chi connectivity index (χ0v) is 18.4. The molecule has 1 amide bonds. The molecule has 0 aliphatic carbocycles. The summed E-state index contributed by atoms with van der Waals surface area (Å²) in [6.45, 7) is 3.80. The van der Waals surface area contributed by atoms with Gasteiger partial charge in [0.2, 0.25) is 11.9 Å². The first-order valence-electron chi connectivity index (χ1n) is 9.83. The fourth-order valence-corrected chi connectivity index (χ4v) is 3.98. The number of nitrogens with zero attached hydrogens (tertiary/aromatic N) is 5. The zero-order chi connectivity index (χ0) is 22.4. The maximum atomic E-state index is 13.2. The van der Waals surface area contributed by atoms with Gasteiger partial charge in [0.05, 0.1) is 12.8 Å². The van der Waals surface area contributed by atoms with Gasteiger partial charge in [0.15, 0.2) is 5.16 Å². The Morgan fingerprint density at radius 1 is 1.23 bits per heavy atom. The van der Waals surface area contributed by atoms with Crippen LogP contribution in [-0.4, -0.2) is 43.0 Å². The largest absolute Gasteiger partial charge is 0.462 e. The van der Waals surface area contributed by atoms with E-state index in [0.717, 1.165) is 5.56 Å². The predicted molar refractivity (Wildman–Crippen MR) is 118 cm³/mol. The third-order valence-corrected chi connectivity index (χ3v) is 5.59. The Morgan fingerprint density at radius 3 is 2.65 bits per heavy atom. The first kappa shape index (κ1) is 22.3. The number of nitrogens with one attached hydrogen (secondary N) is 1. The van der Waals surface area contributed by atoms with E-state index in [4.69, 9.17) is 10.5 Å². The molecule has 0 saturated heterocycles. The normalized spacial score (nSPS) is 11.8. The Morgan fingerprint density at radius 2 is 1.97 bits per heavy atom. The van der Waals surface area contributed by atoms with Crippen LogP contribution < -0.4 is 11.1 Å². The van der Waals surface area contributed by atoms with Crippen molar-refractivity contribution < 1.29 is 14.3 Å². The molecule has 31 heavy (non-hydrogen) atoms. The van der Waals surface area contributed by atoms with Crippen molar-refractivity contribution in [1.82, 2.24) is 24.5 Å². The topological polar surface area (TPSA) is 130 Å². The number of amides is 1. The predicted octanol–water partition coefficient (Wildman–Crippen LogP) is 2.65. The Labute approximate surface area is 184 Å². The number of aryl methyl sites for hydroxylation is 1. The van der Waals surface area contributed by atoms with Gasteiger partial charge >= 0.3 is 5.97 Å². The number of aromatic nitrogens is 5. The SMILES string of the molecule is CCOC(=O)c1cnn(C)c1NC(=O)C(CC)n1c(N)nnc1SCc1ccccc1. The van der Waals surface area contributed by atoms with Crippen molar-refractivity contribution in [2.75, 3.05) is 17.7 Å². The van der Waals surface area contributed by atoms with E-state index < -0.39 is 12.0 Å². The van der Waals surface area contributed by atoms with Crippen molar-refractivity contribution in [2.45, 2.75) is 37.2 Å². The number of rotatable bonds is 9. The summed E-state index contributed by atoms with van der Waals surface area (Å²) >= 11 is 1.45. The minimum atomic E-state index is -0.668. The number of benzene rings is 1. The molecule has 0 spiro atoms. The van der Waals surface area contributed by atoms with Crippen molar-refractivity contribution in [3.8, 4) is 0 Å². The molecule has 1 aromatic carbocycles. The summed E-state index contributed by atoms with van der Waals surface area (Å²) in [4.78, 5) is 25.3. The minimum Gasteiger partial charge on any atom is -0.462 e. The van der Waals surface area contributed by atoms with Crippen LogP contribution in [0.5, 0.6) is 0 Å². The lowest BCUT2D eigenvalue weighted by Gasteiger charge is -2.19. The first-order chi connectivity index (χ1) is 15.0. The van der Waals surface area contributed by atoms with E-state index in [9.17, 15) is 9.59 Å². The molecule has 0 bridgehead atoms. The monoisotopic (exact) mass is 443 g/mol. The minimum absolute atomic E-state index is 0.146. The molecule has 0 fully saturated rings. The van der Waals surface area contributed by atoms with Crippen LogP contribution in [-0.2, 0) is 22.3 Å². The lowest BCUT2D eigenvalue weighted by Crippen LogP contribution is -2.28. The molecular formula is C20H25N7O3S. The van der Waals surface area contributed by atoms with E-state index in [0.29, 0.717) is 17.3 Å². The summed E-state index contributed by atoms with van der Waals surface area (Å²) in [6.07, 6.45) is 1.81. The van der Waals surface area contributed by atoms with Gasteiger partial charge in [-0.3, -0.25) is 14.0 Å². The highest BCUT2D eigenvalue weighted by molar-refractivity contribution is 7.98. The van der Waals surface area contributed by atoms with E-state index in [1.54, 1.807) is 18.5 Å². The lowest BCUT2D eigenvalue weighted by molar-refractivity contribution is -0.119. The quantitative estimate of drug-likeness (QED) is 0.381. The van der Waals surface area contributed by atoms with Crippen molar-refractivity contribution in [3.05, 3.63) is 47.7 Å². The van der Waals surface area contributed by atoms with Crippen molar-refractivity contribution >= 4 is 35.4 Å². The molecule has 3 rings (SSSR count).